The molecule has 31 heavy (non-hydrogen) atoms. The highest BCUT2D eigenvalue weighted by Crippen LogP contribution is 2.33. The number of rotatable bonds is 5. The van der Waals surface area contributed by atoms with Crippen molar-refractivity contribution in [2.45, 2.75) is 6.54 Å². The van der Waals surface area contributed by atoms with Crippen molar-refractivity contribution >= 4 is 16.7 Å². The topological polar surface area (TPSA) is 70.7 Å². The first kappa shape index (κ1) is 18.9. The van der Waals surface area contributed by atoms with Gasteiger partial charge in [-0.3, -0.25) is 13.8 Å². The predicted octanol–water partition coefficient (Wildman–Crippen LogP) is 3.78. The van der Waals surface area contributed by atoms with E-state index in [2.05, 4.69) is 10.2 Å². The number of para-hydroxylation sites is 1. The van der Waals surface area contributed by atoms with Gasteiger partial charge in [-0.1, -0.05) is 42.5 Å². The second-order valence-corrected chi connectivity index (χ2v) is 7.12. The first-order valence-electron chi connectivity index (χ1n) is 9.84. The van der Waals surface area contributed by atoms with Crippen molar-refractivity contribution in [3.8, 4) is 22.9 Å². The summed E-state index contributed by atoms with van der Waals surface area (Å²) in [6.45, 7) is 0.390. The van der Waals surface area contributed by atoms with Crippen LogP contribution in [0.15, 0.2) is 77.6 Å². The van der Waals surface area contributed by atoms with Crippen LogP contribution >= 0.6 is 0 Å². The maximum Gasteiger partial charge on any atom is 0.263 e. The summed E-state index contributed by atoms with van der Waals surface area (Å²) in [6.07, 6.45) is 0. The lowest BCUT2D eigenvalue weighted by Gasteiger charge is -2.13. The quantitative estimate of drug-likeness (QED) is 0.439. The van der Waals surface area contributed by atoms with Crippen molar-refractivity contribution in [1.82, 2.24) is 19.2 Å². The summed E-state index contributed by atoms with van der Waals surface area (Å²) >= 11 is 0. The first-order chi connectivity index (χ1) is 15.2. The van der Waals surface area contributed by atoms with Gasteiger partial charge in [0.15, 0.2) is 5.82 Å². The number of methoxy groups -OCH3 is 2. The Morgan fingerprint density at radius 2 is 1.65 bits per heavy atom. The van der Waals surface area contributed by atoms with Crippen molar-refractivity contribution in [3.63, 3.8) is 0 Å². The maximum atomic E-state index is 13.4. The minimum absolute atomic E-state index is 0.108. The highest BCUT2D eigenvalue weighted by Gasteiger charge is 2.20. The SMILES string of the molecule is COc1ccc(OC)c(-c2nnc3n(Cc4ccccc4)c(=O)c4ccccc4n23)c1. The minimum Gasteiger partial charge on any atom is -0.497 e. The molecule has 0 fully saturated rings. The largest absolute Gasteiger partial charge is 0.497 e. The third-order valence-electron chi connectivity index (χ3n) is 5.34. The van der Waals surface area contributed by atoms with E-state index < -0.39 is 0 Å². The van der Waals surface area contributed by atoms with E-state index in [1.807, 2.05) is 77.2 Å². The van der Waals surface area contributed by atoms with Crippen molar-refractivity contribution in [2.24, 2.45) is 0 Å². The highest BCUT2D eigenvalue weighted by atomic mass is 16.5. The first-order valence-corrected chi connectivity index (χ1v) is 9.84. The number of hydrogen-bond acceptors (Lipinski definition) is 5. The molecule has 0 bridgehead atoms. The molecular formula is C24H20N4O3. The van der Waals surface area contributed by atoms with Gasteiger partial charge in [0.25, 0.3) is 5.56 Å². The summed E-state index contributed by atoms with van der Waals surface area (Å²) in [5.74, 6) is 2.35. The van der Waals surface area contributed by atoms with E-state index in [0.29, 0.717) is 35.0 Å². The van der Waals surface area contributed by atoms with E-state index >= 15 is 0 Å². The zero-order chi connectivity index (χ0) is 21.4. The molecule has 7 nitrogen and oxygen atoms in total. The average Bonchev–Trinajstić information content (AvgIpc) is 3.27. The number of hydrogen-bond donors (Lipinski definition) is 0. The molecule has 5 aromatic rings. The average molecular weight is 412 g/mol. The van der Waals surface area contributed by atoms with Crippen LogP contribution in [0.4, 0.5) is 0 Å². The summed E-state index contributed by atoms with van der Waals surface area (Å²) in [5.41, 5.74) is 2.36. The van der Waals surface area contributed by atoms with E-state index in [0.717, 1.165) is 16.6 Å². The van der Waals surface area contributed by atoms with Gasteiger partial charge < -0.3 is 9.47 Å². The molecule has 0 saturated carbocycles. The van der Waals surface area contributed by atoms with E-state index in [9.17, 15) is 4.79 Å². The number of benzene rings is 3. The summed E-state index contributed by atoms with van der Waals surface area (Å²) in [6, 6.07) is 22.8. The Hall–Kier alpha value is -4.13. The Morgan fingerprint density at radius 3 is 2.42 bits per heavy atom. The second kappa shape index (κ2) is 7.60. The minimum atomic E-state index is -0.108. The third-order valence-corrected chi connectivity index (χ3v) is 5.34. The van der Waals surface area contributed by atoms with Crippen LogP contribution in [0.5, 0.6) is 11.5 Å². The number of aromatic nitrogens is 4. The van der Waals surface area contributed by atoms with Crippen molar-refractivity contribution in [1.29, 1.82) is 0 Å². The Bertz CT molecular complexity index is 1450. The molecule has 0 unspecified atom stereocenters. The van der Waals surface area contributed by atoms with Crippen LogP contribution in [0.25, 0.3) is 28.1 Å². The standard InChI is InChI=1S/C24H20N4O3/c1-30-17-12-13-21(31-2)19(14-17)22-25-26-24-27(15-16-8-4-3-5-9-16)23(29)18-10-6-7-11-20(18)28(22)24/h3-14H,15H2,1-2H3. The Kier molecular flexibility index (Phi) is 4.63. The van der Waals surface area contributed by atoms with Gasteiger partial charge in [0.1, 0.15) is 11.5 Å². The smallest absolute Gasteiger partial charge is 0.263 e. The summed E-state index contributed by atoms with van der Waals surface area (Å²) in [7, 11) is 3.22. The molecular weight excluding hydrogens is 392 g/mol. The van der Waals surface area contributed by atoms with E-state index in [4.69, 9.17) is 9.47 Å². The molecule has 2 heterocycles. The molecule has 5 rings (SSSR count). The van der Waals surface area contributed by atoms with Gasteiger partial charge in [0.05, 0.1) is 37.2 Å². The fraction of sp³-hybridized carbons (Fsp3) is 0.125. The molecule has 0 saturated heterocycles. The number of ether oxygens (including phenoxy) is 2. The molecule has 0 N–H and O–H groups in total. The van der Waals surface area contributed by atoms with Gasteiger partial charge in [-0.15, -0.1) is 10.2 Å². The molecule has 0 atom stereocenters. The molecule has 154 valence electrons. The van der Waals surface area contributed by atoms with Gasteiger partial charge >= 0.3 is 0 Å². The normalized spacial score (nSPS) is 11.2. The van der Waals surface area contributed by atoms with Gasteiger partial charge in [-0.25, -0.2) is 0 Å². The lowest BCUT2D eigenvalue weighted by atomic mass is 10.1. The molecule has 0 radical (unpaired) electrons. The van der Waals surface area contributed by atoms with Crippen LogP contribution in [0.2, 0.25) is 0 Å². The van der Waals surface area contributed by atoms with E-state index in [1.54, 1.807) is 18.8 Å². The van der Waals surface area contributed by atoms with Gasteiger partial charge in [-0.05, 0) is 35.9 Å². The fourth-order valence-electron chi connectivity index (χ4n) is 3.83. The maximum absolute atomic E-state index is 13.4. The Balaban J connectivity index is 1.85. The highest BCUT2D eigenvalue weighted by molar-refractivity contribution is 5.83. The summed E-state index contributed by atoms with van der Waals surface area (Å²) in [5, 5.41) is 9.46. The molecule has 2 aromatic heterocycles. The van der Waals surface area contributed by atoms with Crippen LogP contribution < -0.4 is 15.0 Å². The van der Waals surface area contributed by atoms with Crippen LogP contribution in [0.3, 0.4) is 0 Å². The van der Waals surface area contributed by atoms with Gasteiger partial charge in [-0.2, -0.15) is 0 Å². The molecule has 0 aliphatic rings. The summed E-state index contributed by atoms with van der Waals surface area (Å²) < 4.78 is 14.5. The molecule has 3 aromatic carbocycles. The third kappa shape index (κ3) is 3.11. The molecule has 0 aliphatic carbocycles. The van der Waals surface area contributed by atoms with E-state index in [1.165, 1.54) is 0 Å². The lowest BCUT2D eigenvalue weighted by Crippen LogP contribution is -2.24. The number of nitrogens with zero attached hydrogens (tertiary/aromatic N) is 4. The fourth-order valence-corrected chi connectivity index (χ4v) is 3.83. The van der Waals surface area contributed by atoms with Crippen LogP contribution in [-0.2, 0) is 6.54 Å². The van der Waals surface area contributed by atoms with Gasteiger partial charge in [0, 0.05) is 0 Å². The molecule has 0 amide bonds. The lowest BCUT2D eigenvalue weighted by molar-refractivity contribution is 0.404. The zero-order valence-electron chi connectivity index (χ0n) is 17.1. The number of fused-ring (bicyclic) bond motifs is 3. The second-order valence-electron chi connectivity index (χ2n) is 7.12. The van der Waals surface area contributed by atoms with Crippen molar-refractivity contribution in [2.75, 3.05) is 14.2 Å². The molecule has 0 spiro atoms. The Morgan fingerprint density at radius 1 is 0.871 bits per heavy atom. The Labute approximate surface area is 178 Å². The monoisotopic (exact) mass is 412 g/mol. The van der Waals surface area contributed by atoms with Crippen LogP contribution in [0.1, 0.15) is 5.56 Å². The van der Waals surface area contributed by atoms with Crippen molar-refractivity contribution < 1.29 is 9.47 Å². The van der Waals surface area contributed by atoms with Gasteiger partial charge in [0.2, 0.25) is 5.78 Å². The van der Waals surface area contributed by atoms with Crippen molar-refractivity contribution in [3.05, 3.63) is 88.7 Å². The van der Waals surface area contributed by atoms with Crippen LogP contribution in [-0.4, -0.2) is 33.4 Å². The summed E-state index contributed by atoms with van der Waals surface area (Å²) in [4.78, 5) is 13.4. The van der Waals surface area contributed by atoms with Crippen LogP contribution in [0, 0.1) is 0 Å². The zero-order valence-corrected chi connectivity index (χ0v) is 17.1. The predicted molar refractivity (Wildman–Crippen MR) is 119 cm³/mol. The van der Waals surface area contributed by atoms with E-state index in [-0.39, 0.29) is 5.56 Å². The molecule has 0 aliphatic heterocycles. The molecule has 7 heteroatoms.